The largest absolute Gasteiger partial charge is 0.478 e. The van der Waals surface area contributed by atoms with E-state index >= 15 is 0 Å². The summed E-state index contributed by atoms with van der Waals surface area (Å²) in [5, 5.41) is 10.6. The molecule has 5 aromatic rings. The predicted octanol–water partition coefficient (Wildman–Crippen LogP) is 7.78. The van der Waals surface area contributed by atoms with Crippen LogP contribution in [-0.4, -0.2) is 52.6 Å². The highest BCUT2D eigenvalue weighted by molar-refractivity contribution is 5.90. The molecule has 0 aliphatic carbocycles. The number of H-pyrrole nitrogens is 1. The first-order chi connectivity index (χ1) is 21.0. The van der Waals surface area contributed by atoms with Crippen molar-refractivity contribution in [3.05, 3.63) is 114 Å². The van der Waals surface area contributed by atoms with Crippen LogP contribution in [0.2, 0.25) is 0 Å². The molecule has 7 rings (SSSR count). The molecule has 1 fully saturated rings. The average Bonchev–Trinajstić information content (AvgIpc) is 3.72. The molecule has 0 saturated carbocycles. The Bertz CT molecular complexity index is 1820. The fraction of sp³-hybridized carbons (Fsp3) is 0.222. The van der Waals surface area contributed by atoms with Crippen molar-refractivity contribution in [1.29, 1.82) is 0 Å². The average molecular weight is 571 g/mol. The summed E-state index contributed by atoms with van der Waals surface area (Å²) in [4.78, 5) is 24.2. The summed E-state index contributed by atoms with van der Waals surface area (Å²) in [6.45, 7) is 3.10. The standard InChI is InChI=1S/C36H34N4O3/c1-39-19-15-25(16-20-39)30-5-2-3-6-32(30)33-7-4-18-40(33)28-11-8-24(9-12-28)31-13-10-27(36(41)42)22-34(31)43-29-21-26-14-17-37-35(26)38-23-29/h2-3,5-6,8-15,17,21-23,33H,4,7,16,18-20H2,1H3,(H,37,38)(H,41,42). The quantitative estimate of drug-likeness (QED) is 0.208. The number of nitrogens with zero attached hydrogens (tertiary/aromatic N) is 3. The smallest absolute Gasteiger partial charge is 0.335 e. The molecule has 1 atom stereocenters. The Morgan fingerprint density at radius 3 is 2.67 bits per heavy atom. The number of benzene rings is 3. The van der Waals surface area contributed by atoms with Gasteiger partial charge in [-0.3, -0.25) is 0 Å². The molecular weight excluding hydrogens is 536 g/mol. The van der Waals surface area contributed by atoms with Gasteiger partial charge in [-0.1, -0.05) is 42.5 Å². The van der Waals surface area contributed by atoms with E-state index in [4.69, 9.17) is 4.74 Å². The van der Waals surface area contributed by atoms with Crippen molar-refractivity contribution >= 4 is 28.3 Å². The second-order valence-corrected chi connectivity index (χ2v) is 11.4. The van der Waals surface area contributed by atoms with Gasteiger partial charge < -0.3 is 24.6 Å². The summed E-state index contributed by atoms with van der Waals surface area (Å²) in [5.74, 6) is 0.0249. The summed E-state index contributed by atoms with van der Waals surface area (Å²) in [6.07, 6.45) is 9.21. The topological polar surface area (TPSA) is 81.7 Å². The minimum absolute atomic E-state index is 0.171. The van der Waals surface area contributed by atoms with Gasteiger partial charge in [-0.15, -0.1) is 0 Å². The number of aromatic carboxylic acids is 1. The molecule has 2 aliphatic rings. The number of anilines is 1. The van der Waals surface area contributed by atoms with Crippen LogP contribution < -0.4 is 9.64 Å². The maximum atomic E-state index is 11.8. The molecule has 1 saturated heterocycles. The van der Waals surface area contributed by atoms with E-state index in [1.807, 2.05) is 24.4 Å². The van der Waals surface area contributed by atoms with Gasteiger partial charge in [0.1, 0.15) is 17.1 Å². The lowest BCUT2D eigenvalue weighted by atomic mass is 9.90. The van der Waals surface area contributed by atoms with Crippen molar-refractivity contribution in [3.63, 3.8) is 0 Å². The zero-order valence-corrected chi connectivity index (χ0v) is 24.2. The molecule has 2 N–H and O–H groups in total. The van der Waals surface area contributed by atoms with Gasteiger partial charge in [0.25, 0.3) is 0 Å². The number of fused-ring (bicyclic) bond motifs is 1. The third-order valence-electron chi connectivity index (χ3n) is 8.67. The Morgan fingerprint density at radius 1 is 1.00 bits per heavy atom. The van der Waals surface area contributed by atoms with E-state index in [2.05, 4.69) is 81.4 Å². The number of carboxylic acid groups (broad SMARTS) is 1. The van der Waals surface area contributed by atoms with Crippen LogP contribution in [0.25, 0.3) is 27.7 Å². The van der Waals surface area contributed by atoms with Crippen molar-refractivity contribution in [2.75, 3.05) is 31.6 Å². The Labute approximate surface area is 251 Å². The van der Waals surface area contributed by atoms with Crippen LogP contribution in [0, 0.1) is 0 Å². The first-order valence-corrected chi connectivity index (χ1v) is 14.9. The van der Waals surface area contributed by atoms with Gasteiger partial charge >= 0.3 is 5.97 Å². The van der Waals surface area contributed by atoms with E-state index in [-0.39, 0.29) is 5.56 Å². The van der Waals surface area contributed by atoms with Gasteiger partial charge in [-0.05, 0) is 91.0 Å². The number of pyridine rings is 1. The van der Waals surface area contributed by atoms with Crippen LogP contribution in [0.5, 0.6) is 11.5 Å². The van der Waals surface area contributed by atoms with Crippen molar-refractivity contribution in [2.24, 2.45) is 0 Å². The number of carbonyl (C=O) groups is 1. The molecule has 0 bridgehead atoms. The van der Waals surface area contributed by atoms with Gasteiger partial charge in [-0.25, -0.2) is 9.78 Å². The van der Waals surface area contributed by atoms with Crippen molar-refractivity contribution in [2.45, 2.75) is 25.3 Å². The molecule has 0 radical (unpaired) electrons. The maximum Gasteiger partial charge on any atom is 0.335 e. The van der Waals surface area contributed by atoms with Gasteiger partial charge in [0.05, 0.1) is 17.8 Å². The van der Waals surface area contributed by atoms with E-state index in [9.17, 15) is 9.90 Å². The predicted molar refractivity (Wildman–Crippen MR) is 171 cm³/mol. The molecule has 0 amide bonds. The van der Waals surface area contributed by atoms with Crippen LogP contribution in [0.1, 0.15) is 46.8 Å². The van der Waals surface area contributed by atoms with E-state index in [0.29, 0.717) is 17.5 Å². The monoisotopic (exact) mass is 570 g/mol. The molecule has 7 heteroatoms. The molecule has 216 valence electrons. The molecule has 43 heavy (non-hydrogen) atoms. The normalized spacial score (nSPS) is 17.3. The SMILES string of the molecule is CN1CC=C(c2ccccc2C2CCCN2c2ccc(-c3ccc(C(=O)O)cc3Oc3cnc4[nH]ccc4c3)cc2)CC1. The Kier molecular flexibility index (Phi) is 7.17. The van der Waals surface area contributed by atoms with Crippen molar-refractivity contribution in [3.8, 4) is 22.6 Å². The third-order valence-corrected chi connectivity index (χ3v) is 8.67. The van der Waals surface area contributed by atoms with Gasteiger partial charge in [-0.2, -0.15) is 0 Å². The number of aromatic amines is 1. The van der Waals surface area contributed by atoms with E-state index in [1.165, 1.54) is 22.4 Å². The number of ether oxygens (including phenoxy) is 1. The number of nitrogens with one attached hydrogen (secondary N) is 1. The van der Waals surface area contributed by atoms with E-state index in [1.54, 1.807) is 18.3 Å². The second kappa shape index (κ2) is 11.4. The van der Waals surface area contributed by atoms with Gasteiger partial charge in [0.15, 0.2) is 0 Å². The van der Waals surface area contributed by atoms with Crippen LogP contribution in [-0.2, 0) is 0 Å². The van der Waals surface area contributed by atoms with Gasteiger partial charge in [0.2, 0.25) is 0 Å². The molecule has 1 unspecified atom stereocenters. The Morgan fingerprint density at radius 2 is 1.86 bits per heavy atom. The summed E-state index contributed by atoms with van der Waals surface area (Å²) in [7, 11) is 2.18. The number of aromatic nitrogens is 2. The fourth-order valence-electron chi connectivity index (χ4n) is 6.41. The lowest BCUT2D eigenvalue weighted by molar-refractivity contribution is 0.0696. The first kappa shape index (κ1) is 27.0. The van der Waals surface area contributed by atoms with Crippen LogP contribution in [0.15, 0.2) is 97.3 Å². The molecular formula is C36H34N4O3. The third kappa shape index (κ3) is 5.40. The second-order valence-electron chi connectivity index (χ2n) is 11.4. The fourth-order valence-corrected chi connectivity index (χ4v) is 6.41. The Balaban J connectivity index is 1.18. The van der Waals surface area contributed by atoms with Crippen molar-refractivity contribution in [1.82, 2.24) is 14.9 Å². The number of hydrogen-bond donors (Lipinski definition) is 2. The molecule has 4 heterocycles. The molecule has 2 aromatic heterocycles. The zero-order valence-electron chi connectivity index (χ0n) is 24.2. The molecule has 0 spiro atoms. The summed E-state index contributed by atoms with van der Waals surface area (Å²) in [6, 6.07) is 26.6. The highest BCUT2D eigenvalue weighted by atomic mass is 16.5. The molecule has 7 nitrogen and oxygen atoms in total. The lowest BCUT2D eigenvalue weighted by Crippen LogP contribution is -2.25. The number of rotatable bonds is 7. The lowest BCUT2D eigenvalue weighted by Gasteiger charge is -2.30. The van der Waals surface area contributed by atoms with E-state index < -0.39 is 5.97 Å². The minimum Gasteiger partial charge on any atom is -0.478 e. The van der Waals surface area contributed by atoms with Crippen LogP contribution in [0.3, 0.4) is 0 Å². The van der Waals surface area contributed by atoms with Crippen molar-refractivity contribution < 1.29 is 14.6 Å². The highest BCUT2D eigenvalue weighted by Crippen LogP contribution is 2.41. The maximum absolute atomic E-state index is 11.8. The van der Waals surface area contributed by atoms with Crippen LogP contribution >= 0.6 is 0 Å². The summed E-state index contributed by atoms with van der Waals surface area (Å²) < 4.78 is 6.26. The molecule has 2 aliphatic heterocycles. The Hall–Kier alpha value is -4.88. The number of hydrogen-bond acceptors (Lipinski definition) is 5. The van der Waals surface area contributed by atoms with E-state index in [0.717, 1.165) is 61.1 Å². The molecule has 3 aromatic carbocycles. The summed E-state index contributed by atoms with van der Waals surface area (Å²) >= 11 is 0. The number of carboxylic acids is 1. The van der Waals surface area contributed by atoms with Crippen LogP contribution in [0.4, 0.5) is 5.69 Å². The zero-order chi connectivity index (χ0) is 29.3. The highest BCUT2D eigenvalue weighted by Gasteiger charge is 2.29. The first-order valence-electron chi connectivity index (χ1n) is 14.9. The minimum atomic E-state index is -0.998. The number of likely N-dealkylation sites (N-methyl/N-ethyl adjacent to an activating group) is 1. The van der Waals surface area contributed by atoms with Gasteiger partial charge in [0, 0.05) is 42.5 Å². The summed E-state index contributed by atoms with van der Waals surface area (Å²) in [5.41, 5.74) is 8.16.